The summed E-state index contributed by atoms with van der Waals surface area (Å²) in [5, 5.41) is 0.299. The Kier molecular flexibility index (Phi) is 2.88. The molecule has 1 fully saturated rings. The Morgan fingerprint density at radius 2 is 2.27 bits per heavy atom. The monoisotopic (exact) mass is 230 g/mol. The number of hydrogen-bond acceptors (Lipinski definition) is 3. The smallest absolute Gasteiger partial charge is 0.341 e. The zero-order valence-electron chi connectivity index (χ0n) is 7.70. The standard InChI is InChI=1S/C10H8ClFO3/c11-6-1-2-9(12)8(3-6)10(13)15-7-4-14-5-7/h1-3,7H,4-5H2. The topological polar surface area (TPSA) is 35.5 Å². The van der Waals surface area contributed by atoms with Crippen molar-refractivity contribution < 1.29 is 18.7 Å². The number of halogens is 2. The van der Waals surface area contributed by atoms with E-state index in [0.717, 1.165) is 6.07 Å². The summed E-state index contributed by atoms with van der Waals surface area (Å²) in [5.41, 5.74) is -0.144. The van der Waals surface area contributed by atoms with Crippen LogP contribution in [0.25, 0.3) is 0 Å². The molecule has 0 amide bonds. The van der Waals surface area contributed by atoms with Crippen LogP contribution in [0.4, 0.5) is 4.39 Å². The molecule has 2 rings (SSSR count). The van der Waals surface area contributed by atoms with Gasteiger partial charge in [0.2, 0.25) is 0 Å². The second kappa shape index (κ2) is 4.16. The molecule has 0 unspecified atom stereocenters. The fourth-order valence-corrected chi connectivity index (χ4v) is 1.32. The van der Waals surface area contributed by atoms with Gasteiger partial charge in [-0.1, -0.05) is 11.6 Å². The molecule has 15 heavy (non-hydrogen) atoms. The molecule has 1 aliphatic rings. The van der Waals surface area contributed by atoms with E-state index in [1.807, 2.05) is 0 Å². The van der Waals surface area contributed by atoms with Crippen LogP contribution in [0.2, 0.25) is 5.02 Å². The molecule has 1 aromatic carbocycles. The molecule has 3 nitrogen and oxygen atoms in total. The summed E-state index contributed by atoms with van der Waals surface area (Å²) in [5.74, 6) is -1.34. The fourth-order valence-electron chi connectivity index (χ4n) is 1.15. The minimum absolute atomic E-state index is 0.144. The second-order valence-corrected chi connectivity index (χ2v) is 3.63. The number of ether oxygens (including phenoxy) is 2. The number of rotatable bonds is 2. The molecule has 0 bridgehead atoms. The summed E-state index contributed by atoms with van der Waals surface area (Å²) in [6.45, 7) is 0.738. The Bertz CT molecular complexity index is 390. The van der Waals surface area contributed by atoms with Gasteiger partial charge in [0.05, 0.1) is 18.8 Å². The predicted molar refractivity (Wildman–Crippen MR) is 51.4 cm³/mol. The molecular formula is C10H8ClFO3. The lowest BCUT2D eigenvalue weighted by Gasteiger charge is -2.25. The van der Waals surface area contributed by atoms with Gasteiger partial charge in [-0.25, -0.2) is 9.18 Å². The van der Waals surface area contributed by atoms with Crippen molar-refractivity contribution in [2.45, 2.75) is 6.10 Å². The minimum Gasteiger partial charge on any atom is -0.454 e. The number of esters is 1. The van der Waals surface area contributed by atoms with Crippen molar-refractivity contribution in [3.8, 4) is 0 Å². The van der Waals surface area contributed by atoms with Crippen LogP contribution in [0.1, 0.15) is 10.4 Å². The summed E-state index contributed by atoms with van der Waals surface area (Å²) in [4.78, 5) is 11.4. The van der Waals surface area contributed by atoms with Crippen molar-refractivity contribution in [1.29, 1.82) is 0 Å². The largest absolute Gasteiger partial charge is 0.454 e. The number of hydrogen-bond donors (Lipinski definition) is 0. The zero-order valence-corrected chi connectivity index (χ0v) is 8.46. The molecule has 0 aromatic heterocycles. The Labute approximate surface area is 90.7 Å². The van der Waals surface area contributed by atoms with Gasteiger partial charge in [-0.3, -0.25) is 0 Å². The highest BCUT2D eigenvalue weighted by Crippen LogP contribution is 2.17. The van der Waals surface area contributed by atoms with Gasteiger partial charge >= 0.3 is 5.97 Å². The van der Waals surface area contributed by atoms with E-state index in [2.05, 4.69) is 0 Å². The van der Waals surface area contributed by atoms with Crippen LogP contribution in [-0.2, 0) is 9.47 Å². The van der Waals surface area contributed by atoms with Crippen LogP contribution in [0.3, 0.4) is 0 Å². The molecule has 80 valence electrons. The molecule has 1 heterocycles. The first kappa shape index (κ1) is 10.4. The van der Waals surface area contributed by atoms with Gasteiger partial charge < -0.3 is 9.47 Å². The Morgan fingerprint density at radius 3 is 2.87 bits per heavy atom. The fraction of sp³-hybridized carbons (Fsp3) is 0.300. The quantitative estimate of drug-likeness (QED) is 0.730. The number of benzene rings is 1. The Balaban J connectivity index is 2.12. The highest BCUT2D eigenvalue weighted by molar-refractivity contribution is 6.30. The maximum Gasteiger partial charge on any atom is 0.341 e. The summed E-state index contributed by atoms with van der Waals surface area (Å²) < 4.78 is 23.0. The van der Waals surface area contributed by atoms with Crippen molar-refractivity contribution in [2.75, 3.05) is 13.2 Å². The molecule has 0 spiro atoms. The van der Waals surface area contributed by atoms with Crippen LogP contribution in [0.5, 0.6) is 0 Å². The molecule has 1 aromatic rings. The van der Waals surface area contributed by atoms with E-state index < -0.39 is 11.8 Å². The molecule has 0 saturated carbocycles. The first-order valence-electron chi connectivity index (χ1n) is 4.40. The molecular weight excluding hydrogens is 223 g/mol. The summed E-state index contributed by atoms with van der Waals surface area (Å²) >= 11 is 5.65. The summed E-state index contributed by atoms with van der Waals surface area (Å²) in [6, 6.07) is 3.76. The molecule has 1 aliphatic heterocycles. The SMILES string of the molecule is O=C(OC1COC1)c1cc(Cl)ccc1F. The van der Waals surface area contributed by atoms with Gasteiger partial charge in [-0.2, -0.15) is 0 Å². The van der Waals surface area contributed by atoms with Crippen molar-refractivity contribution in [3.05, 3.63) is 34.6 Å². The summed E-state index contributed by atoms with van der Waals surface area (Å²) in [7, 11) is 0. The van der Waals surface area contributed by atoms with E-state index in [4.69, 9.17) is 21.1 Å². The highest BCUT2D eigenvalue weighted by Gasteiger charge is 2.24. The lowest BCUT2D eigenvalue weighted by Crippen LogP contribution is -2.37. The van der Waals surface area contributed by atoms with E-state index in [0.29, 0.717) is 18.2 Å². The molecule has 0 atom stereocenters. The van der Waals surface area contributed by atoms with Gasteiger partial charge in [0.25, 0.3) is 0 Å². The predicted octanol–water partition coefficient (Wildman–Crippen LogP) is 2.03. The van der Waals surface area contributed by atoms with Gasteiger partial charge in [0.15, 0.2) is 0 Å². The molecule has 0 aliphatic carbocycles. The third-order valence-electron chi connectivity index (χ3n) is 2.03. The highest BCUT2D eigenvalue weighted by atomic mass is 35.5. The number of carbonyl (C=O) groups excluding carboxylic acids is 1. The van der Waals surface area contributed by atoms with E-state index in [1.165, 1.54) is 12.1 Å². The first-order chi connectivity index (χ1) is 7.16. The normalized spacial score (nSPS) is 15.9. The van der Waals surface area contributed by atoms with Gasteiger partial charge in [-0.15, -0.1) is 0 Å². The van der Waals surface area contributed by atoms with Crippen LogP contribution in [0, 0.1) is 5.82 Å². The lowest BCUT2D eigenvalue weighted by atomic mass is 10.2. The number of carbonyl (C=O) groups is 1. The van der Waals surface area contributed by atoms with Gasteiger partial charge in [0.1, 0.15) is 11.9 Å². The van der Waals surface area contributed by atoms with E-state index >= 15 is 0 Å². The molecule has 0 N–H and O–H groups in total. The maximum atomic E-state index is 13.2. The average Bonchev–Trinajstić information content (AvgIpc) is 2.15. The first-order valence-corrected chi connectivity index (χ1v) is 4.78. The summed E-state index contributed by atoms with van der Waals surface area (Å²) in [6.07, 6.45) is -0.268. The second-order valence-electron chi connectivity index (χ2n) is 3.19. The van der Waals surface area contributed by atoms with Crippen LogP contribution >= 0.6 is 11.6 Å². The Hall–Kier alpha value is -1.13. The Morgan fingerprint density at radius 1 is 1.53 bits per heavy atom. The third kappa shape index (κ3) is 2.27. The van der Waals surface area contributed by atoms with Crippen LogP contribution in [0.15, 0.2) is 18.2 Å². The third-order valence-corrected chi connectivity index (χ3v) is 2.26. The van der Waals surface area contributed by atoms with Crippen LogP contribution in [-0.4, -0.2) is 25.3 Å². The van der Waals surface area contributed by atoms with Crippen molar-refractivity contribution in [2.24, 2.45) is 0 Å². The average molecular weight is 231 g/mol. The molecule has 5 heteroatoms. The van der Waals surface area contributed by atoms with Crippen molar-refractivity contribution >= 4 is 17.6 Å². The van der Waals surface area contributed by atoms with Gasteiger partial charge in [-0.05, 0) is 18.2 Å². The van der Waals surface area contributed by atoms with Gasteiger partial charge in [0, 0.05) is 5.02 Å². The maximum absolute atomic E-state index is 13.2. The van der Waals surface area contributed by atoms with E-state index in [9.17, 15) is 9.18 Å². The molecule has 1 saturated heterocycles. The minimum atomic E-state index is -0.705. The van der Waals surface area contributed by atoms with Crippen molar-refractivity contribution in [3.63, 3.8) is 0 Å². The lowest BCUT2D eigenvalue weighted by molar-refractivity contribution is -0.103. The zero-order chi connectivity index (χ0) is 10.8. The van der Waals surface area contributed by atoms with E-state index in [-0.39, 0.29) is 11.7 Å². The van der Waals surface area contributed by atoms with Crippen molar-refractivity contribution in [1.82, 2.24) is 0 Å². The van der Waals surface area contributed by atoms with Crippen LogP contribution < -0.4 is 0 Å². The van der Waals surface area contributed by atoms with E-state index in [1.54, 1.807) is 0 Å². The molecule has 0 radical (unpaired) electrons.